The smallest absolute Gasteiger partial charge is 0.144 e. The Morgan fingerprint density at radius 3 is 2.57 bits per heavy atom. The third kappa shape index (κ3) is 3.39. The molecule has 0 amide bonds. The SMILES string of the molecule is CCNc1nc(C2CCCOC2)nc(C2CCCC2)c1Br. The highest BCUT2D eigenvalue weighted by atomic mass is 79.9. The molecule has 1 aliphatic carbocycles. The van der Waals surface area contributed by atoms with E-state index >= 15 is 0 Å². The van der Waals surface area contributed by atoms with Gasteiger partial charge < -0.3 is 10.1 Å². The maximum absolute atomic E-state index is 5.62. The second-order valence-electron chi connectivity index (χ2n) is 6.06. The van der Waals surface area contributed by atoms with E-state index in [0.29, 0.717) is 11.8 Å². The third-order valence-corrected chi connectivity index (χ3v) is 5.29. The molecule has 2 fully saturated rings. The lowest BCUT2D eigenvalue weighted by Crippen LogP contribution is -2.20. The van der Waals surface area contributed by atoms with E-state index in [-0.39, 0.29) is 0 Å². The van der Waals surface area contributed by atoms with Gasteiger partial charge >= 0.3 is 0 Å². The Bertz CT molecular complexity index is 483. The Morgan fingerprint density at radius 1 is 1.14 bits per heavy atom. The lowest BCUT2D eigenvalue weighted by atomic mass is 9.99. The van der Waals surface area contributed by atoms with Gasteiger partial charge in [0.2, 0.25) is 0 Å². The van der Waals surface area contributed by atoms with Gasteiger partial charge in [-0.15, -0.1) is 0 Å². The van der Waals surface area contributed by atoms with Crippen LogP contribution in [0.1, 0.15) is 68.8 Å². The maximum Gasteiger partial charge on any atom is 0.144 e. The lowest BCUT2D eigenvalue weighted by Gasteiger charge is -2.23. The van der Waals surface area contributed by atoms with Crippen LogP contribution in [0.3, 0.4) is 0 Å². The first-order chi connectivity index (χ1) is 10.3. The number of rotatable bonds is 4. The van der Waals surface area contributed by atoms with E-state index in [9.17, 15) is 0 Å². The van der Waals surface area contributed by atoms with Crippen molar-refractivity contribution in [3.63, 3.8) is 0 Å². The Labute approximate surface area is 135 Å². The first-order valence-electron chi connectivity index (χ1n) is 8.18. The zero-order chi connectivity index (χ0) is 14.7. The first-order valence-corrected chi connectivity index (χ1v) is 8.97. The van der Waals surface area contributed by atoms with Crippen molar-refractivity contribution in [2.45, 2.75) is 57.3 Å². The highest BCUT2D eigenvalue weighted by Gasteiger charge is 2.26. The molecule has 0 aromatic carbocycles. The van der Waals surface area contributed by atoms with Crippen molar-refractivity contribution in [1.29, 1.82) is 0 Å². The Hall–Kier alpha value is -0.680. The molecule has 1 N–H and O–H groups in total. The number of nitrogens with zero attached hydrogens (tertiary/aromatic N) is 2. The number of hydrogen-bond donors (Lipinski definition) is 1. The molecule has 3 rings (SSSR count). The minimum atomic E-state index is 0.351. The second-order valence-corrected chi connectivity index (χ2v) is 6.85. The largest absolute Gasteiger partial charge is 0.381 e. The van der Waals surface area contributed by atoms with Crippen molar-refractivity contribution in [1.82, 2.24) is 9.97 Å². The van der Waals surface area contributed by atoms with Gasteiger partial charge in [0.25, 0.3) is 0 Å². The topological polar surface area (TPSA) is 47.0 Å². The summed E-state index contributed by atoms with van der Waals surface area (Å²) in [6.45, 7) is 4.62. The third-order valence-electron chi connectivity index (χ3n) is 4.51. The van der Waals surface area contributed by atoms with Crippen LogP contribution in [0.2, 0.25) is 0 Å². The van der Waals surface area contributed by atoms with Crippen molar-refractivity contribution in [3.8, 4) is 0 Å². The second kappa shape index (κ2) is 7.05. The highest BCUT2D eigenvalue weighted by molar-refractivity contribution is 9.10. The molecule has 1 unspecified atom stereocenters. The maximum atomic E-state index is 5.62. The number of hydrogen-bond acceptors (Lipinski definition) is 4. The van der Waals surface area contributed by atoms with Gasteiger partial charge in [-0.25, -0.2) is 9.97 Å². The zero-order valence-corrected chi connectivity index (χ0v) is 14.3. The van der Waals surface area contributed by atoms with E-state index in [1.807, 2.05) is 0 Å². The average Bonchev–Trinajstić information content (AvgIpc) is 3.04. The summed E-state index contributed by atoms with van der Waals surface area (Å²) in [5.74, 6) is 2.86. The summed E-state index contributed by atoms with van der Waals surface area (Å²) < 4.78 is 6.69. The van der Waals surface area contributed by atoms with Crippen molar-refractivity contribution in [3.05, 3.63) is 16.0 Å². The molecule has 5 heteroatoms. The molecule has 2 aliphatic rings. The molecule has 1 saturated heterocycles. The van der Waals surface area contributed by atoms with Gasteiger partial charge in [0, 0.05) is 25.0 Å². The quantitative estimate of drug-likeness (QED) is 0.879. The molecule has 1 aromatic heterocycles. The van der Waals surface area contributed by atoms with Crippen LogP contribution in [0.15, 0.2) is 4.47 Å². The van der Waals surface area contributed by atoms with Crippen LogP contribution >= 0.6 is 15.9 Å². The molecule has 1 aromatic rings. The predicted molar refractivity (Wildman–Crippen MR) is 87.9 cm³/mol. The van der Waals surface area contributed by atoms with Crippen LogP contribution in [-0.4, -0.2) is 29.7 Å². The number of nitrogens with one attached hydrogen (secondary N) is 1. The number of anilines is 1. The molecule has 2 heterocycles. The van der Waals surface area contributed by atoms with Crippen LogP contribution in [0.5, 0.6) is 0 Å². The molecule has 4 nitrogen and oxygen atoms in total. The van der Waals surface area contributed by atoms with Gasteiger partial charge in [-0.2, -0.15) is 0 Å². The fourth-order valence-electron chi connectivity index (χ4n) is 3.36. The standard InChI is InChI=1S/C16H24BrN3O/c1-2-18-16-13(17)14(11-6-3-4-7-11)19-15(20-16)12-8-5-9-21-10-12/h11-12H,2-10H2,1H3,(H,18,19,20). The minimum absolute atomic E-state index is 0.351. The van der Waals surface area contributed by atoms with E-state index < -0.39 is 0 Å². The van der Waals surface area contributed by atoms with E-state index in [1.165, 1.54) is 31.4 Å². The van der Waals surface area contributed by atoms with Gasteiger partial charge in [-0.1, -0.05) is 12.8 Å². The van der Waals surface area contributed by atoms with Crippen molar-refractivity contribution < 1.29 is 4.74 Å². The molecular weight excluding hydrogens is 330 g/mol. The fourth-order valence-corrected chi connectivity index (χ4v) is 4.00. The molecule has 0 spiro atoms. The van der Waals surface area contributed by atoms with Crippen LogP contribution in [-0.2, 0) is 4.74 Å². The Kier molecular flexibility index (Phi) is 5.11. The van der Waals surface area contributed by atoms with E-state index in [4.69, 9.17) is 14.7 Å². The summed E-state index contributed by atoms with van der Waals surface area (Å²) in [5.41, 5.74) is 1.21. The molecule has 116 valence electrons. The van der Waals surface area contributed by atoms with Gasteiger partial charge in [0.1, 0.15) is 11.6 Å². The van der Waals surface area contributed by atoms with E-state index in [0.717, 1.165) is 48.7 Å². The van der Waals surface area contributed by atoms with Gasteiger partial charge in [0.15, 0.2) is 0 Å². The summed E-state index contributed by atoms with van der Waals surface area (Å²) in [6.07, 6.45) is 7.39. The van der Waals surface area contributed by atoms with Gasteiger partial charge in [-0.05, 0) is 48.5 Å². The fraction of sp³-hybridized carbons (Fsp3) is 0.750. The molecule has 21 heavy (non-hydrogen) atoms. The number of ether oxygens (including phenoxy) is 1. The average molecular weight is 354 g/mol. The first kappa shape index (κ1) is 15.2. The van der Waals surface area contributed by atoms with Crippen molar-refractivity contribution >= 4 is 21.7 Å². The summed E-state index contributed by atoms with van der Waals surface area (Å²) in [5, 5.41) is 3.38. The highest BCUT2D eigenvalue weighted by Crippen LogP contribution is 2.39. The summed E-state index contributed by atoms with van der Waals surface area (Å²) in [4.78, 5) is 9.71. The van der Waals surface area contributed by atoms with Crippen molar-refractivity contribution in [2.75, 3.05) is 25.1 Å². The monoisotopic (exact) mass is 353 g/mol. The van der Waals surface area contributed by atoms with E-state index in [1.54, 1.807) is 0 Å². The molecular formula is C16H24BrN3O. The predicted octanol–water partition coefficient (Wildman–Crippen LogP) is 4.22. The lowest BCUT2D eigenvalue weighted by molar-refractivity contribution is 0.0780. The summed E-state index contributed by atoms with van der Waals surface area (Å²) >= 11 is 3.73. The van der Waals surface area contributed by atoms with Crippen LogP contribution in [0.4, 0.5) is 5.82 Å². The Morgan fingerprint density at radius 2 is 1.90 bits per heavy atom. The summed E-state index contributed by atoms with van der Waals surface area (Å²) in [6, 6.07) is 0. The minimum Gasteiger partial charge on any atom is -0.381 e. The zero-order valence-electron chi connectivity index (χ0n) is 12.7. The number of halogens is 1. The van der Waals surface area contributed by atoms with Gasteiger partial charge in [0.05, 0.1) is 16.8 Å². The molecule has 1 saturated carbocycles. The van der Waals surface area contributed by atoms with Crippen LogP contribution in [0.25, 0.3) is 0 Å². The van der Waals surface area contributed by atoms with E-state index in [2.05, 4.69) is 28.2 Å². The summed E-state index contributed by atoms with van der Waals surface area (Å²) in [7, 11) is 0. The number of aromatic nitrogens is 2. The Balaban J connectivity index is 1.94. The van der Waals surface area contributed by atoms with Gasteiger partial charge in [-0.3, -0.25) is 0 Å². The van der Waals surface area contributed by atoms with Crippen molar-refractivity contribution in [2.24, 2.45) is 0 Å². The normalized spacial score (nSPS) is 23.4. The molecule has 0 bridgehead atoms. The van der Waals surface area contributed by atoms with Crippen LogP contribution in [0, 0.1) is 0 Å². The molecule has 1 atom stereocenters. The molecule has 0 radical (unpaired) electrons. The molecule has 1 aliphatic heterocycles. The van der Waals surface area contributed by atoms with Crippen LogP contribution < -0.4 is 5.32 Å².